The smallest absolute Gasteiger partial charge is 0.160 e. The summed E-state index contributed by atoms with van der Waals surface area (Å²) in [5.41, 5.74) is 4.97. The predicted molar refractivity (Wildman–Crippen MR) is 90.5 cm³/mol. The molecule has 0 atom stereocenters. The number of aromatic nitrogens is 3. The van der Waals surface area contributed by atoms with Crippen molar-refractivity contribution >= 4 is 33.3 Å². The maximum absolute atomic E-state index is 4.76. The lowest BCUT2D eigenvalue weighted by molar-refractivity contribution is 0.775. The summed E-state index contributed by atoms with van der Waals surface area (Å²) in [4.78, 5) is 4.76. The Bertz CT molecular complexity index is 971. The number of fused-ring (bicyclic) bond motifs is 2. The molecule has 1 N–H and O–H groups in total. The number of hydrogen-bond donors (Lipinski definition) is 1. The Morgan fingerprint density at radius 2 is 1.68 bits per heavy atom. The molecule has 0 amide bonds. The molecule has 0 saturated heterocycles. The number of para-hydroxylation sites is 2. The molecule has 4 heteroatoms. The minimum Gasteiger partial charge on any atom is -0.354 e. The van der Waals surface area contributed by atoms with Gasteiger partial charge in [0.05, 0.1) is 22.3 Å². The number of nitrogens with one attached hydrogen (secondary N) is 1. The number of benzene rings is 2. The fraction of sp³-hybridized carbons (Fsp3) is 0.111. The van der Waals surface area contributed by atoms with Gasteiger partial charge in [0.25, 0.3) is 0 Å². The third-order valence-electron chi connectivity index (χ3n) is 3.88. The van der Waals surface area contributed by atoms with E-state index in [0.717, 1.165) is 39.0 Å². The van der Waals surface area contributed by atoms with Gasteiger partial charge in [-0.05, 0) is 25.1 Å². The molecule has 4 rings (SSSR count). The van der Waals surface area contributed by atoms with Crippen LogP contribution in [0.15, 0.2) is 54.6 Å². The molecular formula is C18H16N4. The van der Waals surface area contributed by atoms with Crippen LogP contribution in [0.4, 0.5) is 11.4 Å². The van der Waals surface area contributed by atoms with Gasteiger partial charge in [-0.1, -0.05) is 36.4 Å². The number of hydrogen-bond acceptors (Lipinski definition) is 3. The third-order valence-corrected chi connectivity index (χ3v) is 3.88. The van der Waals surface area contributed by atoms with Crippen molar-refractivity contribution in [3.8, 4) is 0 Å². The van der Waals surface area contributed by atoms with Crippen molar-refractivity contribution in [3.63, 3.8) is 0 Å². The Hall–Kier alpha value is -2.88. The molecule has 0 fully saturated rings. The molecule has 2 aromatic heterocycles. The standard InChI is InChI=1S/C18H16N4/c1-12-16-17(19-13-8-4-3-5-9-13)14-10-6-7-11-15(14)20-18(16)22(2)21-12/h3-11H,1-2H3,(H,19,20). The van der Waals surface area contributed by atoms with E-state index >= 15 is 0 Å². The average Bonchev–Trinajstić information content (AvgIpc) is 2.82. The van der Waals surface area contributed by atoms with Gasteiger partial charge >= 0.3 is 0 Å². The Morgan fingerprint density at radius 1 is 0.955 bits per heavy atom. The van der Waals surface area contributed by atoms with Gasteiger partial charge in [0.15, 0.2) is 5.65 Å². The van der Waals surface area contributed by atoms with E-state index < -0.39 is 0 Å². The van der Waals surface area contributed by atoms with Crippen LogP contribution in [0.1, 0.15) is 5.69 Å². The summed E-state index contributed by atoms with van der Waals surface area (Å²) >= 11 is 0. The first-order valence-corrected chi connectivity index (χ1v) is 7.28. The second-order valence-corrected chi connectivity index (χ2v) is 5.40. The van der Waals surface area contributed by atoms with E-state index in [1.165, 1.54) is 0 Å². The highest BCUT2D eigenvalue weighted by atomic mass is 15.3. The van der Waals surface area contributed by atoms with E-state index in [9.17, 15) is 0 Å². The maximum Gasteiger partial charge on any atom is 0.160 e. The van der Waals surface area contributed by atoms with Gasteiger partial charge in [0.2, 0.25) is 0 Å². The largest absolute Gasteiger partial charge is 0.354 e. The lowest BCUT2D eigenvalue weighted by Crippen LogP contribution is -1.96. The molecule has 0 aliphatic heterocycles. The lowest BCUT2D eigenvalue weighted by Gasteiger charge is -2.11. The van der Waals surface area contributed by atoms with E-state index in [1.54, 1.807) is 0 Å². The van der Waals surface area contributed by atoms with Crippen LogP contribution in [0, 0.1) is 6.92 Å². The minimum absolute atomic E-state index is 0.898. The maximum atomic E-state index is 4.76. The molecule has 0 aliphatic rings. The van der Waals surface area contributed by atoms with Crippen LogP contribution in [-0.2, 0) is 7.05 Å². The molecule has 2 heterocycles. The van der Waals surface area contributed by atoms with Crippen molar-refractivity contribution in [2.45, 2.75) is 6.92 Å². The van der Waals surface area contributed by atoms with Gasteiger partial charge < -0.3 is 5.32 Å². The van der Waals surface area contributed by atoms with Crippen LogP contribution in [0.2, 0.25) is 0 Å². The molecule has 0 aliphatic carbocycles. The second kappa shape index (κ2) is 4.84. The lowest BCUT2D eigenvalue weighted by atomic mass is 10.1. The molecule has 108 valence electrons. The zero-order valence-corrected chi connectivity index (χ0v) is 12.5. The Kier molecular flexibility index (Phi) is 2.82. The van der Waals surface area contributed by atoms with Gasteiger partial charge in [-0.2, -0.15) is 5.10 Å². The number of anilines is 2. The van der Waals surface area contributed by atoms with Gasteiger partial charge in [0.1, 0.15) is 0 Å². The van der Waals surface area contributed by atoms with Crippen molar-refractivity contribution in [3.05, 3.63) is 60.3 Å². The number of pyridine rings is 1. The number of nitrogens with zero attached hydrogens (tertiary/aromatic N) is 3. The molecule has 4 aromatic rings. The number of rotatable bonds is 2. The highest BCUT2D eigenvalue weighted by Gasteiger charge is 2.15. The first-order valence-electron chi connectivity index (χ1n) is 7.28. The molecule has 2 aromatic carbocycles. The molecule has 0 saturated carbocycles. The highest BCUT2D eigenvalue weighted by molar-refractivity contribution is 6.08. The van der Waals surface area contributed by atoms with Crippen molar-refractivity contribution in [1.82, 2.24) is 14.8 Å². The molecular weight excluding hydrogens is 272 g/mol. The summed E-state index contributed by atoms with van der Waals surface area (Å²) < 4.78 is 1.84. The van der Waals surface area contributed by atoms with Crippen LogP contribution in [0.3, 0.4) is 0 Å². The summed E-state index contributed by atoms with van der Waals surface area (Å²) in [6.07, 6.45) is 0. The Morgan fingerprint density at radius 3 is 2.50 bits per heavy atom. The Balaban J connectivity index is 2.07. The van der Waals surface area contributed by atoms with Crippen molar-refractivity contribution in [2.75, 3.05) is 5.32 Å². The molecule has 4 nitrogen and oxygen atoms in total. The predicted octanol–water partition coefficient (Wildman–Crippen LogP) is 4.17. The van der Waals surface area contributed by atoms with Crippen LogP contribution in [0.25, 0.3) is 21.9 Å². The molecule has 22 heavy (non-hydrogen) atoms. The zero-order valence-electron chi connectivity index (χ0n) is 12.5. The normalized spacial score (nSPS) is 11.2. The fourth-order valence-electron chi connectivity index (χ4n) is 2.89. The summed E-state index contributed by atoms with van der Waals surface area (Å²) in [5, 5.41) is 10.3. The molecule has 0 spiro atoms. The molecule has 0 radical (unpaired) electrons. The molecule has 0 bridgehead atoms. The fourth-order valence-corrected chi connectivity index (χ4v) is 2.89. The summed E-state index contributed by atoms with van der Waals surface area (Å²) in [7, 11) is 1.93. The van der Waals surface area contributed by atoms with Gasteiger partial charge in [-0.3, -0.25) is 4.68 Å². The van der Waals surface area contributed by atoms with Crippen LogP contribution >= 0.6 is 0 Å². The topological polar surface area (TPSA) is 42.7 Å². The van der Waals surface area contributed by atoms with Crippen LogP contribution in [0.5, 0.6) is 0 Å². The first-order chi connectivity index (χ1) is 10.7. The summed E-state index contributed by atoms with van der Waals surface area (Å²) in [5.74, 6) is 0. The van der Waals surface area contributed by atoms with E-state index in [4.69, 9.17) is 4.98 Å². The summed E-state index contributed by atoms with van der Waals surface area (Å²) in [6.45, 7) is 2.02. The van der Waals surface area contributed by atoms with E-state index in [2.05, 4.69) is 28.6 Å². The van der Waals surface area contributed by atoms with Gasteiger partial charge in [-0.15, -0.1) is 0 Å². The second-order valence-electron chi connectivity index (χ2n) is 5.40. The molecule has 0 unspecified atom stereocenters. The monoisotopic (exact) mass is 288 g/mol. The van der Waals surface area contributed by atoms with Crippen molar-refractivity contribution in [2.24, 2.45) is 7.05 Å². The first kappa shape index (κ1) is 12.8. The van der Waals surface area contributed by atoms with E-state index in [-0.39, 0.29) is 0 Å². The zero-order chi connectivity index (χ0) is 15.1. The average molecular weight is 288 g/mol. The quantitative estimate of drug-likeness (QED) is 0.602. The van der Waals surface area contributed by atoms with Crippen molar-refractivity contribution in [1.29, 1.82) is 0 Å². The highest BCUT2D eigenvalue weighted by Crippen LogP contribution is 2.34. The minimum atomic E-state index is 0.898. The van der Waals surface area contributed by atoms with Gasteiger partial charge in [-0.25, -0.2) is 4.98 Å². The van der Waals surface area contributed by atoms with Crippen LogP contribution in [-0.4, -0.2) is 14.8 Å². The van der Waals surface area contributed by atoms with Crippen molar-refractivity contribution < 1.29 is 0 Å². The van der Waals surface area contributed by atoms with E-state index in [1.807, 2.05) is 55.1 Å². The third kappa shape index (κ3) is 1.92. The van der Waals surface area contributed by atoms with Crippen LogP contribution < -0.4 is 5.32 Å². The SMILES string of the molecule is Cc1nn(C)c2nc3ccccc3c(Nc3ccccc3)c12. The van der Waals surface area contributed by atoms with Gasteiger partial charge in [0, 0.05) is 18.1 Å². The number of aryl methyl sites for hydroxylation is 2. The Labute approximate surface area is 128 Å². The summed E-state index contributed by atoms with van der Waals surface area (Å²) in [6, 6.07) is 18.4. The van der Waals surface area contributed by atoms with E-state index in [0.29, 0.717) is 0 Å².